The molecule has 1 aromatic rings. The molecule has 0 radical (unpaired) electrons. The second-order valence-electron chi connectivity index (χ2n) is 6.26. The van der Waals surface area contributed by atoms with Crippen LogP contribution in [0.4, 0.5) is 0 Å². The van der Waals surface area contributed by atoms with E-state index in [0.29, 0.717) is 12.0 Å². The summed E-state index contributed by atoms with van der Waals surface area (Å²) in [5.74, 6) is 1.83. The van der Waals surface area contributed by atoms with Crippen molar-refractivity contribution in [2.45, 2.75) is 57.7 Å². The lowest BCUT2D eigenvalue weighted by Crippen LogP contribution is -2.36. The fraction of sp³-hybridized carbons (Fsp3) is 0.857. The fourth-order valence-electron chi connectivity index (χ4n) is 3.28. The van der Waals surface area contributed by atoms with Gasteiger partial charge in [-0.1, -0.05) is 13.8 Å². The third-order valence-corrected chi connectivity index (χ3v) is 4.57. The van der Waals surface area contributed by atoms with Crippen LogP contribution < -0.4 is 0 Å². The lowest BCUT2D eigenvalue weighted by atomic mass is 10.1. The summed E-state index contributed by atoms with van der Waals surface area (Å²) < 4.78 is 5.72. The quantitative estimate of drug-likeness (QED) is 0.834. The fourth-order valence-corrected chi connectivity index (χ4v) is 3.28. The molecular formula is C14H24N4O. The molecule has 0 spiro atoms. The standard InChI is InChI=1S/C14H24N4O/c1-10(2)14-16-15-13(19-14)9-18-7-6-11-4-5-12(8-18)17(11)3/h10-12H,4-9H2,1-3H3/t11-,12-/m0/s1. The lowest BCUT2D eigenvalue weighted by Gasteiger charge is -2.24. The van der Waals surface area contributed by atoms with Crippen LogP contribution in [0.15, 0.2) is 4.42 Å². The smallest absolute Gasteiger partial charge is 0.230 e. The predicted molar refractivity (Wildman–Crippen MR) is 72.9 cm³/mol. The summed E-state index contributed by atoms with van der Waals surface area (Å²) in [6.45, 7) is 7.24. The van der Waals surface area contributed by atoms with E-state index in [4.69, 9.17) is 4.42 Å². The summed E-state index contributed by atoms with van der Waals surface area (Å²) >= 11 is 0. The molecule has 1 aromatic heterocycles. The molecule has 2 fully saturated rings. The molecule has 2 atom stereocenters. The number of nitrogens with zero attached hydrogens (tertiary/aromatic N) is 4. The van der Waals surface area contributed by atoms with Crippen LogP contribution in [0.2, 0.25) is 0 Å². The third kappa shape index (κ3) is 2.67. The van der Waals surface area contributed by atoms with Crippen LogP contribution in [0.1, 0.15) is 50.8 Å². The maximum atomic E-state index is 5.72. The second-order valence-corrected chi connectivity index (χ2v) is 6.26. The monoisotopic (exact) mass is 264 g/mol. The van der Waals surface area contributed by atoms with Crippen LogP contribution >= 0.6 is 0 Å². The van der Waals surface area contributed by atoms with E-state index in [2.05, 4.69) is 40.9 Å². The molecule has 2 bridgehead atoms. The Morgan fingerprint density at radius 1 is 1.21 bits per heavy atom. The number of hydrogen-bond donors (Lipinski definition) is 0. The molecule has 5 nitrogen and oxygen atoms in total. The van der Waals surface area contributed by atoms with Crippen molar-refractivity contribution < 1.29 is 4.42 Å². The van der Waals surface area contributed by atoms with E-state index in [9.17, 15) is 0 Å². The van der Waals surface area contributed by atoms with Gasteiger partial charge in [-0.05, 0) is 26.3 Å². The first-order valence-electron chi connectivity index (χ1n) is 7.40. The normalized spacial score (nSPS) is 29.1. The highest BCUT2D eigenvalue weighted by molar-refractivity contribution is 4.93. The molecule has 0 unspecified atom stereocenters. The lowest BCUT2D eigenvalue weighted by molar-refractivity contribution is 0.201. The zero-order valence-electron chi connectivity index (χ0n) is 12.2. The Bertz CT molecular complexity index is 431. The average molecular weight is 264 g/mol. The first kappa shape index (κ1) is 13.1. The van der Waals surface area contributed by atoms with Crippen LogP contribution in [0.3, 0.4) is 0 Å². The van der Waals surface area contributed by atoms with Gasteiger partial charge in [0, 0.05) is 31.1 Å². The number of aromatic nitrogens is 2. The highest BCUT2D eigenvalue weighted by Crippen LogP contribution is 2.29. The summed E-state index contributed by atoms with van der Waals surface area (Å²) in [5, 5.41) is 8.29. The Morgan fingerprint density at radius 3 is 2.74 bits per heavy atom. The zero-order chi connectivity index (χ0) is 13.4. The molecule has 0 aliphatic carbocycles. The van der Waals surface area contributed by atoms with Gasteiger partial charge < -0.3 is 4.42 Å². The maximum absolute atomic E-state index is 5.72. The Hall–Kier alpha value is -0.940. The average Bonchev–Trinajstić information content (AvgIpc) is 2.89. The molecule has 2 saturated heterocycles. The molecule has 0 aromatic carbocycles. The van der Waals surface area contributed by atoms with Crippen molar-refractivity contribution >= 4 is 0 Å². The van der Waals surface area contributed by atoms with E-state index in [1.54, 1.807) is 0 Å². The highest BCUT2D eigenvalue weighted by Gasteiger charge is 2.34. The molecule has 0 saturated carbocycles. The van der Waals surface area contributed by atoms with Gasteiger partial charge >= 0.3 is 0 Å². The highest BCUT2D eigenvalue weighted by atomic mass is 16.4. The molecule has 0 N–H and O–H groups in total. The number of fused-ring (bicyclic) bond motifs is 2. The van der Waals surface area contributed by atoms with Crippen LogP contribution in [0.5, 0.6) is 0 Å². The van der Waals surface area contributed by atoms with Crippen molar-refractivity contribution in [2.75, 3.05) is 20.1 Å². The Kier molecular flexibility index (Phi) is 3.58. The molecule has 3 heterocycles. The molecule has 19 heavy (non-hydrogen) atoms. The minimum atomic E-state index is 0.313. The first-order chi connectivity index (χ1) is 9.13. The number of hydrogen-bond acceptors (Lipinski definition) is 5. The van der Waals surface area contributed by atoms with Crippen molar-refractivity contribution in [3.8, 4) is 0 Å². The van der Waals surface area contributed by atoms with Gasteiger partial charge in [-0.2, -0.15) is 0 Å². The molecule has 2 aliphatic rings. The number of likely N-dealkylation sites (tertiary alicyclic amines) is 1. The first-order valence-corrected chi connectivity index (χ1v) is 7.40. The Labute approximate surface area is 115 Å². The SMILES string of the molecule is CC(C)c1nnc(CN2CC[C@@H]3CC[C@@H](C2)N3C)o1. The second kappa shape index (κ2) is 5.21. The van der Waals surface area contributed by atoms with Crippen molar-refractivity contribution in [3.63, 3.8) is 0 Å². The Balaban J connectivity index is 1.63. The molecule has 3 rings (SSSR count). The predicted octanol–water partition coefficient (Wildman–Crippen LogP) is 1.86. The topological polar surface area (TPSA) is 45.4 Å². The number of likely N-dealkylation sites (N-methyl/N-ethyl adjacent to an activating group) is 1. The van der Waals surface area contributed by atoms with Gasteiger partial charge in [-0.3, -0.25) is 9.80 Å². The van der Waals surface area contributed by atoms with Gasteiger partial charge in [-0.25, -0.2) is 0 Å². The number of rotatable bonds is 3. The Morgan fingerprint density at radius 2 is 2.00 bits per heavy atom. The maximum Gasteiger partial charge on any atom is 0.230 e. The molecule has 106 valence electrons. The van der Waals surface area contributed by atoms with E-state index in [0.717, 1.165) is 37.5 Å². The van der Waals surface area contributed by atoms with Gasteiger partial charge in [0.05, 0.1) is 6.54 Å². The van der Waals surface area contributed by atoms with E-state index in [-0.39, 0.29) is 0 Å². The largest absolute Gasteiger partial charge is 0.424 e. The van der Waals surface area contributed by atoms with Crippen LogP contribution in [0.25, 0.3) is 0 Å². The summed E-state index contributed by atoms with van der Waals surface area (Å²) in [6.07, 6.45) is 3.96. The summed E-state index contributed by atoms with van der Waals surface area (Å²) in [4.78, 5) is 5.03. The summed E-state index contributed by atoms with van der Waals surface area (Å²) in [6, 6.07) is 1.49. The van der Waals surface area contributed by atoms with Crippen LogP contribution in [0, 0.1) is 0 Å². The van der Waals surface area contributed by atoms with E-state index in [1.165, 1.54) is 19.3 Å². The van der Waals surface area contributed by atoms with Gasteiger partial charge in [0.2, 0.25) is 11.8 Å². The van der Waals surface area contributed by atoms with E-state index in [1.807, 2.05) is 0 Å². The van der Waals surface area contributed by atoms with Crippen LogP contribution in [-0.2, 0) is 6.54 Å². The minimum absolute atomic E-state index is 0.313. The molecule has 0 amide bonds. The zero-order valence-corrected chi connectivity index (χ0v) is 12.2. The molecular weight excluding hydrogens is 240 g/mol. The van der Waals surface area contributed by atoms with Crippen molar-refractivity contribution in [1.29, 1.82) is 0 Å². The van der Waals surface area contributed by atoms with Gasteiger partial charge in [0.25, 0.3) is 0 Å². The van der Waals surface area contributed by atoms with Crippen molar-refractivity contribution in [1.82, 2.24) is 20.0 Å². The van der Waals surface area contributed by atoms with Gasteiger partial charge in [-0.15, -0.1) is 10.2 Å². The van der Waals surface area contributed by atoms with Crippen molar-refractivity contribution in [2.24, 2.45) is 0 Å². The van der Waals surface area contributed by atoms with Crippen LogP contribution in [-0.4, -0.2) is 52.2 Å². The van der Waals surface area contributed by atoms with E-state index >= 15 is 0 Å². The van der Waals surface area contributed by atoms with Gasteiger partial charge in [0.1, 0.15) is 0 Å². The molecule has 5 heteroatoms. The summed E-state index contributed by atoms with van der Waals surface area (Å²) in [7, 11) is 2.27. The third-order valence-electron chi connectivity index (χ3n) is 4.57. The van der Waals surface area contributed by atoms with Crippen molar-refractivity contribution in [3.05, 3.63) is 11.8 Å². The van der Waals surface area contributed by atoms with E-state index < -0.39 is 0 Å². The van der Waals surface area contributed by atoms with Gasteiger partial charge in [0.15, 0.2) is 0 Å². The minimum Gasteiger partial charge on any atom is -0.424 e. The molecule has 2 aliphatic heterocycles. The summed E-state index contributed by atoms with van der Waals surface area (Å²) in [5.41, 5.74) is 0.